The standard InChI is InChI=1S/C18H17NO5S.BF4/c1-2-3-15(18(21)22)12-25(23,24)16-6-4-13(5-7-16)17(20)14-8-10-19-11-9-14;2-1(3,4)5/h4-12H,2-3H2,1H3,(H,21,22);/q;-1/b15-12+;. The number of hydrogen-bond donors (Lipinski definition) is 1. The summed E-state index contributed by atoms with van der Waals surface area (Å²) in [6, 6.07) is 8.55. The van der Waals surface area contributed by atoms with E-state index >= 15 is 0 Å². The van der Waals surface area contributed by atoms with Crippen molar-refractivity contribution in [3.05, 3.63) is 70.9 Å². The molecular weight excluding hydrogens is 429 g/mol. The SMILES string of the molecule is CCC/C(=C\S(=O)(=O)c1ccc(C(=O)c2ccncc2)cc1)C(=O)O.F[B-](F)(F)F. The van der Waals surface area contributed by atoms with Crippen molar-refractivity contribution >= 4 is 28.8 Å². The largest absolute Gasteiger partial charge is 0.673 e. The Kier molecular flexibility index (Phi) is 8.90. The van der Waals surface area contributed by atoms with Crippen molar-refractivity contribution in [1.82, 2.24) is 4.98 Å². The molecule has 0 radical (unpaired) electrons. The van der Waals surface area contributed by atoms with E-state index in [1.54, 1.807) is 19.1 Å². The third-order valence-corrected chi connectivity index (χ3v) is 5.00. The van der Waals surface area contributed by atoms with Crippen molar-refractivity contribution in [3.8, 4) is 0 Å². The molecule has 2 aromatic rings. The summed E-state index contributed by atoms with van der Waals surface area (Å²) in [6.45, 7) is 1.77. The van der Waals surface area contributed by atoms with Gasteiger partial charge in [-0.05, 0) is 42.8 Å². The van der Waals surface area contributed by atoms with Crippen LogP contribution in [-0.4, -0.2) is 37.5 Å². The van der Waals surface area contributed by atoms with Crippen LogP contribution in [0.2, 0.25) is 0 Å². The van der Waals surface area contributed by atoms with Crippen LogP contribution < -0.4 is 0 Å². The minimum Gasteiger partial charge on any atom is -0.478 e. The van der Waals surface area contributed by atoms with Gasteiger partial charge in [-0.2, -0.15) is 0 Å². The first-order valence-electron chi connectivity index (χ1n) is 8.46. The number of aliphatic carboxylic acids is 1. The molecule has 1 aromatic heterocycles. The number of carbonyl (C=O) groups excluding carboxylic acids is 1. The minimum absolute atomic E-state index is 0.0615. The molecule has 0 aliphatic heterocycles. The zero-order valence-corrected chi connectivity index (χ0v) is 16.5. The summed E-state index contributed by atoms with van der Waals surface area (Å²) in [7, 11) is -9.90. The molecule has 0 atom stereocenters. The molecule has 0 fully saturated rings. The summed E-state index contributed by atoms with van der Waals surface area (Å²) in [6.07, 6.45) is 3.68. The maximum atomic E-state index is 12.3. The van der Waals surface area contributed by atoms with Crippen LogP contribution in [0.5, 0.6) is 0 Å². The number of carboxylic acids is 1. The maximum absolute atomic E-state index is 12.3. The van der Waals surface area contributed by atoms with Gasteiger partial charge in [0.05, 0.1) is 4.90 Å². The Morgan fingerprint density at radius 1 is 1.00 bits per heavy atom. The van der Waals surface area contributed by atoms with Gasteiger partial charge >= 0.3 is 13.2 Å². The Hall–Kier alpha value is -3.02. The van der Waals surface area contributed by atoms with E-state index < -0.39 is 23.1 Å². The van der Waals surface area contributed by atoms with Crippen LogP contribution in [0.3, 0.4) is 0 Å². The van der Waals surface area contributed by atoms with E-state index in [0.29, 0.717) is 17.5 Å². The highest BCUT2D eigenvalue weighted by Gasteiger charge is 2.20. The number of aromatic nitrogens is 1. The van der Waals surface area contributed by atoms with Gasteiger partial charge in [0, 0.05) is 34.5 Å². The van der Waals surface area contributed by atoms with E-state index in [2.05, 4.69) is 4.98 Å². The number of hydrogen-bond acceptors (Lipinski definition) is 5. The number of ketones is 1. The first-order chi connectivity index (χ1) is 13.8. The molecule has 0 aliphatic rings. The Morgan fingerprint density at radius 2 is 1.47 bits per heavy atom. The van der Waals surface area contributed by atoms with Gasteiger partial charge in [0.25, 0.3) is 0 Å². The van der Waals surface area contributed by atoms with Crippen LogP contribution in [-0.2, 0) is 14.6 Å². The molecule has 1 heterocycles. The molecule has 30 heavy (non-hydrogen) atoms. The zero-order chi connectivity index (χ0) is 22.9. The lowest BCUT2D eigenvalue weighted by molar-refractivity contribution is -0.132. The lowest BCUT2D eigenvalue weighted by Gasteiger charge is -2.05. The molecule has 6 nitrogen and oxygen atoms in total. The van der Waals surface area contributed by atoms with Crippen molar-refractivity contribution in [2.24, 2.45) is 0 Å². The number of pyridine rings is 1. The van der Waals surface area contributed by atoms with Gasteiger partial charge in [-0.3, -0.25) is 9.78 Å². The topological polar surface area (TPSA) is 101 Å². The second-order valence-corrected chi connectivity index (χ2v) is 7.62. The zero-order valence-electron chi connectivity index (χ0n) is 15.6. The fourth-order valence-electron chi connectivity index (χ4n) is 2.21. The number of carboxylic acid groups (broad SMARTS) is 1. The molecular formula is C18H17BF4NO5S-. The fraction of sp³-hybridized carbons (Fsp3) is 0.167. The molecule has 0 amide bonds. The Balaban J connectivity index is 0.000000804. The molecule has 12 heteroatoms. The summed E-state index contributed by atoms with van der Waals surface area (Å²) in [5.74, 6) is -1.51. The minimum atomic E-state index is -6.00. The molecule has 1 aromatic carbocycles. The number of halogens is 4. The van der Waals surface area contributed by atoms with Gasteiger partial charge in [0.2, 0.25) is 0 Å². The van der Waals surface area contributed by atoms with E-state index in [-0.39, 0.29) is 22.7 Å². The predicted octanol–water partition coefficient (Wildman–Crippen LogP) is 4.15. The third-order valence-electron chi connectivity index (χ3n) is 3.48. The van der Waals surface area contributed by atoms with Crippen LogP contribution in [0.25, 0.3) is 0 Å². The first kappa shape index (κ1) is 25.0. The Labute approximate surface area is 170 Å². The summed E-state index contributed by atoms with van der Waals surface area (Å²) in [4.78, 5) is 27.2. The van der Waals surface area contributed by atoms with Gasteiger partial charge in [0.1, 0.15) is 0 Å². The van der Waals surface area contributed by atoms with Crippen LogP contribution in [0.15, 0.2) is 64.7 Å². The Bertz CT molecular complexity index is 1000. The normalized spacial score (nSPS) is 12.0. The summed E-state index contributed by atoms with van der Waals surface area (Å²) in [5, 5.41) is 9.85. The second-order valence-electron chi connectivity index (χ2n) is 5.83. The quantitative estimate of drug-likeness (QED) is 0.297. The predicted molar refractivity (Wildman–Crippen MR) is 102 cm³/mol. The van der Waals surface area contributed by atoms with Crippen molar-refractivity contribution in [2.45, 2.75) is 24.7 Å². The maximum Gasteiger partial charge on any atom is 0.673 e. The molecule has 0 aliphatic carbocycles. The Morgan fingerprint density at radius 3 is 1.90 bits per heavy atom. The van der Waals surface area contributed by atoms with Crippen molar-refractivity contribution < 1.29 is 40.4 Å². The summed E-state index contributed by atoms with van der Waals surface area (Å²) < 4.78 is 63.7. The first-order valence-corrected chi connectivity index (χ1v) is 10.0. The molecule has 0 saturated carbocycles. The van der Waals surface area contributed by atoms with Crippen molar-refractivity contribution in [1.29, 1.82) is 0 Å². The van der Waals surface area contributed by atoms with Crippen LogP contribution >= 0.6 is 0 Å². The summed E-state index contributed by atoms with van der Waals surface area (Å²) in [5.41, 5.74) is 0.613. The van der Waals surface area contributed by atoms with Gasteiger partial charge in [-0.1, -0.05) is 13.3 Å². The second kappa shape index (κ2) is 10.7. The van der Waals surface area contributed by atoms with E-state index in [0.717, 1.165) is 5.41 Å². The lowest BCUT2D eigenvalue weighted by atomic mass is 10.1. The van der Waals surface area contributed by atoms with E-state index in [9.17, 15) is 35.3 Å². The van der Waals surface area contributed by atoms with E-state index in [1.165, 1.54) is 36.7 Å². The van der Waals surface area contributed by atoms with Crippen LogP contribution in [0.1, 0.15) is 35.7 Å². The lowest BCUT2D eigenvalue weighted by Crippen LogP contribution is -2.06. The molecule has 2 rings (SSSR count). The number of carbonyl (C=O) groups is 2. The number of rotatable bonds is 7. The smallest absolute Gasteiger partial charge is 0.478 e. The van der Waals surface area contributed by atoms with Crippen molar-refractivity contribution in [2.75, 3.05) is 0 Å². The van der Waals surface area contributed by atoms with Crippen LogP contribution in [0, 0.1) is 0 Å². The monoisotopic (exact) mass is 446 g/mol. The molecule has 0 saturated heterocycles. The molecule has 0 unspecified atom stereocenters. The molecule has 1 N–H and O–H groups in total. The van der Waals surface area contributed by atoms with Crippen LogP contribution in [0.4, 0.5) is 17.3 Å². The number of sulfone groups is 1. The highest BCUT2D eigenvalue weighted by molar-refractivity contribution is 7.94. The highest BCUT2D eigenvalue weighted by Crippen LogP contribution is 2.18. The molecule has 0 spiro atoms. The highest BCUT2D eigenvalue weighted by atomic mass is 32.2. The van der Waals surface area contributed by atoms with Crippen molar-refractivity contribution in [3.63, 3.8) is 0 Å². The van der Waals surface area contributed by atoms with E-state index in [4.69, 9.17) is 5.11 Å². The van der Waals surface area contributed by atoms with Gasteiger partial charge < -0.3 is 22.4 Å². The van der Waals surface area contributed by atoms with Gasteiger partial charge in [-0.15, -0.1) is 0 Å². The average molecular weight is 446 g/mol. The molecule has 0 bridgehead atoms. The number of nitrogens with zero attached hydrogens (tertiary/aromatic N) is 1. The molecule has 162 valence electrons. The third kappa shape index (κ3) is 8.56. The van der Waals surface area contributed by atoms with E-state index in [1.807, 2.05) is 0 Å². The number of benzene rings is 1. The summed E-state index contributed by atoms with van der Waals surface area (Å²) >= 11 is 0. The fourth-order valence-corrected chi connectivity index (χ4v) is 3.45. The van der Waals surface area contributed by atoms with Gasteiger partial charge in [-0.25, -0.2) is 13.2 Å². The average Bonchev–Trinajstić information content (AvgIpc) is 2.66. The van der Waals surface area contributed by atoms with Gasteiger partial charge in [0.15, 0.2) is 15.6 Å².